The molecule has 0 atom stereocenters. The minimum atomic E-state index is -0.201. The largest absolute Gasteiger partial charge is 0.369 e. The number of unbranched alkanes of at least 4 members (excludes halogenated alkanes) is 2. The number of carbonyl (C=O) groups excluding carboxylic acids is 1. The number of thioether (sulfide) groups is 1. The van der Waals surface area contributed by atoms with Gasteiger partial charge in [0.2, 0.25) is 0 Å². The smallest absolute Gasteiger partial charge is 0.267 e. The Labute approximate surface area is 174 Å². The number of fused-ring (bicyclic) bond motifs is 1. The lowest BCUT2D eigenvalue weighted by Crippen LogP contribution is -2.27. The van der Waals surface area contributed by atoms with Crippen LogP contribution in [-0.2, 0) is 4.79 Å². The number of rotatable bonds is 7. The first-order valence-corrected chi connectivity index (χ1v) is 10.7. The average molecular weight is 417 g/mol. The Kier molecular flexibility index (Phi) is 6.51. The van der Waals surface area contributed by atoms with Crippen molar-refractivity contribution in [3.05, 3.63) is 44.7 Å². The summed E-state index contributed by atoms with van der Waals surface area (Å²) < 4.78 is 2.04. The van der Waals surface area contributed by atoms with Crippen molar-refractivity contribution in [3.8, 4) is 0 Å². The molecule has 148 valence electrons. The molecule has 0 unspecified atom stereocenters. The third-order valence-corrected chi connectivity index (χ3v) is 6.00. The fraction of sp³-hybridized carbons (Fsp3) is 0.400. The van der Waals surface area contributed by atoms with Gasteiger partial charge in [-0.3, -0.25) is 18.9 Å². The number of nitrogens with zero attached hydrogens (tertiary/aromatic N) is 3. The summed E-state index contributed by atoms with van der Waals surface area (Å²) >= 11 is 6.51. The van der Waals surface area contributed by atoms with Crippen molar-refractivity contribution in [3.63, 3.8) is 0 Å². The van der Waals surface area contributed by atoms with Crippen LogP contribution in [0.25, 0.3) is 11.7 Å². The van der Waals surface area contributed by atoms with Gasteiger partial charge in [-0.1, -0.05) is 49.8 Å². The number of likely N-dealkylation sites (N-methyl/N-ethyl adjacent to an activating group) is 1. The summed E-state index contributed by atoms with van der Waals surface area (Å²) in [6.45, 7) is 7.18. The summed E-state index contributed by atoms with van der Waals surface area (Å²) in [5.74, 6) is 0.348. The number of aryl methyl sites for hydroxylation is 1. The zero-order valence-electron chi connectivity index (χ0n) is 16.3. The van der Waals surface area contributed by atoms with E-state index in [2.05, 4.69) is 12.2 Å². The van der Waals surface area contributed by atoms with E-state index in [4.69, 9.17) is 17.2 Å². The van der Waals surface area contributed by atoms with Crippen LogP contribution in [0.2, 0.25) is 0 Å². The second-order valence-electron chi connectivity index (χ2n) is 6.62. The van der Waals surface area contributed by atoms with Crippen molar-refractivity contribution in [1.82, 2.24) is 14.3 Å². The van der Waals surface area contributed by atoms with Crippen LogP contribution in [0.1, 0.15) is 44.2 Å². The molecular formula is C20H24N4O2S2. The molecule has 2 aromatic rings. The van der Waals surface area contributed by atoms with Crippen LogP contribution < -0.4 is 10.9 Å². The van der Waals surface area contributed by atoms with Gasteiger partial charge in [-0.25, -0.2) is 4.98 Å². The van der Waals surface area contributed by atoms with Crippen molar-refractivity contribution < 1.29 is 4.79 Å². The number of thiocarbonyl (C=S) groups is 1. The lowest BCUT2D eigenvalue weighted by Gasteiger charge is -2.12. The fourth-order valence-corrected chi connectivity index (χ4v) is 4.43. The molecule has 1 fully saturated rings. The molecule has 8 heteroatoms. The van der Waals surface area contributed by atoms with E-state index in [0.29, 0.717) is 32.8 Å². The molecule has 0 spiro atoms. The summed E-state index contributed by atoms with van der Waals surface area (Å²) in [7, 11) is 0. The van der Waals surface area contributed by atoms with Crippen molar-refractivity contribution in [2.45, 2.75) is 40.0 Å². The number of anilines is 1. The Bertz CT molecular complexity index is 1010. The Morgan fingerprint density at radius 2 is 2.07 bits per heavy atom. The summed E-state index contributed by atoms with van der Waals surface area (Å²) in [4.78, 5) is 32.5. The van der Waals surface area contributed by atoms with Crippen molar-refractivity contribution >= 4 is 51.7 Å². The summed E-state index contributed by atoms with van der Waals surface area (Å²) in [6, 6.07) is 3.74. The third kappa shape index (κ3) is 3.98. The number of nitrogens with one attached hydrogen (secondary N) is 1. The molecule has 3 heterocycles. The van der Waals surface area contributed by atoms with E-state index in [9.17, 15) is 9.59 Å². The molecule has 28 heavy (non-hydrogen) atoms. The topological polar surface area (TPSA) is 66.7 Å². The third-order valence-electron chi connectivity index (χ3n) is 4.62. The molecule has 0 aromatic carbocycles. The molecular weight excluding hydrogens is 392 g/mol. The molecule has 0 bridgehead atoms. The molecule has 1 amide bonds. The molecule has 3 rings (SSSR count). The number of amides is 1. The Morgan fingerprint density at radius 3 is 2.75 bits per heavy atom. The first-order chi connectivity index (χ1) is 13.5. The summed E-state index contributed by atoms with van der Waals surface area (Å²) in [5, 5.41) is 3.30. The number of carbonyl (C=O) groups is 1. The molecule has 1 saturated heterocycles. The van der Waals surface area contributed by atoms with E-state index in [-0.39, 0.29) is 11.5 Å². The van der Waals surface area contributed by atoms with E-state index in [1.807, 2.05) is 26.0 Å². The van der Waals surface area contributed by atoms with Gasteiger partial charge in [0.15, 0.2) is 0 Å². The number of hydrogen-bond donors (Lipinski definition) is 1. The number of hydrogen-bond acceptors (Lipinski definition) is 6. The first kappa shape index (κ1) is 20.5. The van der Waals surface area contributed by atoms with Gasteiger partial charge in [-0.2, -0.15) is 0 Å². The predicted molar refractivity (Wildman–Crippen MR) is 120 cm³/mol. The molecule has 6 nitrogen and oxygen atoms in total. The first-order valence-electron chi connectivity index (χ1n) is 9.49. The zero-order valence-corrected chi connectivity index (χ0v) is 18.0. The highest BCUT2D eigenvalue weighted by atomic mass is 32.2. The van der Waals surface area contributed by atoms with Gasteiger partial charge in [-0.15, -0.1) is 0 Å². The maximum absolute atomic E-state index is 13.2. The highest BCUT2D eigenvalue weighted by molar-refractivity contribution is 8.26. The van der Waals surface area contributed by atoms with E-state index >= 15 is 0 Å². The van der Waals surface area contributed by atoms with E-state index in [1.54, 1.807) is 12.3 Å². The molecule has 0 aliphatic carbocycles. The van der Waals surface area contributed by atoms with E-state index < -0.39 is 0 Å². The minimum absolute atomic E-state index is 0.164. The second kappa shape index (κ2) is 8.87. The highest BCUT2D eigenvalue weighted by Crippen LogP contribution is 2.32. The van der Waals surface area contributed by atoms with Crippen LogP contribution in [0.4, 0.5) is 5.82 Å². The second-order valence-corrected chi connectivity index (χ2v) is 8.30. The van der Waals surface area contributed by atoms with Gasteiger partial charge in [0, 0.05) is 19.3 Å². The van der Waals surface area contributed by atoms with Gasteiger partial charge in [-0.05, 0) is 38.0 Å². The van der Waals surface area contributed by atoms with Crippen LogP contribution in [0.3, 0.4) is 0 Å². The molecule has 1 N–H and O–H groups in total. The van der Waals surface area contributed by atoms with E-state index in [0.717, 1.165) is 31.4 Å². The SMILES string of the molecule is CCCCCNc1nc2c(C)cccn2c(=O)c1C=C1SC(=S)N(CC)C1=O. The predicted octanol–water partition coefficient (Wildman–Crippen LogP) is 3.83. The summed E-state index contributed by atoms with van der Waals surface area (Å²) in [6.07, 6.45) is 6.53. The Hall–Kier alpha value is -2.19. The molecule has 1 aliphatic rings. The van der Waals surface area contributed by atoms with Crippen molar-refractivity contribution in [1.29, 1.82) is 0 Å². The summed E-state index contributed by atoms with van der Waals surface area (Å²) in [5.41, 5.74) is 1.72. The van der Waals surface area contributed by atoms with Gasteiger partial charge < -0.3 is 5.32 Å². The normalized spacial score (nSPS) is 15.8. The Morgan fingerprint density at radius 1 is 1.29 bits per heavy atom. The van der Waals surface area contributed by atoms with Crippen LogP contribution in [0.5, 0.6) is 0 Å². The molecule has 0 radical (unpaired) electrons. The van der Waals surface area contributed by atoms with Gasteiger partial charge in [0.25, 0.3) is 11.5 Å². The maximum atomic E-state index is 13.2. The van der Waals surface area contributed by atoms with Crippen molar-refractivity contribution in [2.24, 2.45) is 0 Å². The number of aromatic nitrogens is 2. The lowest BCUT2D eigenvalue weighted by molar-refractivity contribution is -0.121. The highest BCUT2D eigenvalue weighted by Gasteiger charge is 2.31. The lowest BCUT2D eigenvalue weighted by atomic mass is 10.2. The number of pyridine rings is 1. The average Bonchev–Trinajstić information content (AvgIpc) is 2.95. The maximum Gasteiger partial charge on any atom is 0.267 e. The van der Waals surface area contributed by atoms with E-state index in [1.165, 1.54) is 21.1 Å². The quantitative estimate of drug-likeness (QED) is 0.420. The van der Waals surface area contributed by atoms with Gasteiger partial charge in [0.05, 0.1) is 10.5 Å². The van der Waals surface area contributed by atoms with Crippen molar-refractivity contribution in [2.75, 3.05) is 18.4 Å². The van der Waals surface area contributed by atoms with Crippen LogP contribution >= 0.6 is 24.0 Å². The fourth-order valence-electron chi connectivity index (χ4n) is 3.06. The van der Waals surface area contributed by atoms with Gasteiger partial charge in [0.1, 0.15) is 15.8 Å². The molecule has 2 aromatic heterocycles. The zero-order chi connectivity index (χ0) is 20.3. The van der Waals surface area contributed by atoms with Gasteiger partial charge >= 0.3 is 0 Å². The molecule has 0 saturated carbocycles. The monoisotopic (exact) mass is 416 g/mol. The van der Waals surface area contributed by atoms with Crippen LogP contribution in [0, 0.1) is 6.92 Å². The van der Waals surface area contributed by atoms with Crippen LogP contribution in [-0.4, -0.2) is 37.6 Å². The molecule has 1 aliphatic heterocycles. The Balaban J connectivity index is 2.10. The standard InChI is InChI=1S/C20H24N4O2S2/c1-4-6-7-10-21-16-14(12-15-19(26)23(5-2)20(27)28-15)18(25)24-11-8-9-13(3)17(24)22-16/h8-9,11-12,21H,4-7,10H2,1-3H3. The minimum Gasteiger partial charge on any atom is -0.369 e. The van der Waals surface area contributed by atoms with Crippen LogP contribution in [0.15, 0.2) is 28.0 Å².